The van der Waals surface area contributed by atoms with E-state index in [1.807, 2.05) is 0 Å². The molecule has 14 heavy (non-hydrogen) atoms. The SMILES string of the molecule is CN(C(N)=O)c1c(O)nc(N)[nH]c1=O. The summed E-state index contributed by atoms with van der Waals surface area (Å²) in [5, 5.41) is 9.23. The van der Waals surface area contributed by atoms with Gasteiger partial charge in [0, 0.05) is 7.05 Å². The van der Waals surface area contributed by atoms with Crippen LogP contribution in [0.15, 0.2) is 4.79 Å². The van der Waals surface area contributed by atoms with E-state index in [9.17, 15) is 14.7 Å². The Labute approximate surface area is 78.2 Å². The van der Waals surface area contributed by atoms with Crippen LogP contribution >= 0.6 is 0 Å². The summed E-state index contributed by atoms with van der Waals surface area (Å²) >= 11 is 0. The summed E-state index contributed by atoms with van der Waals surface area (Å²) in [6.45, 7) is 0. The van der Waals surface area contributed by atoms with Crippen LogP contribution in [0.1, 0.15) is 0 Å². The van der Waals surface area contributed by atoms with Crippen molar-refractivity contribution in [1.82, 2.24) is 9.97 Å². The number of nitrogen functional groups attached to an aromatic ring is 1. The molecule has 0 aliphatic heterocycles. The molecule has 0 spiro atoms. The Kier molecular flexibility index (Phi) is 2.28. The van der Waals surface area contributed by atoms with Crippen LogP contribution in [0.25, 0.3) is 0 Å². The highest BCUT2D eigenvalue weighted by Gasteiger charge is 2.17. The topological polar surface area (TPSA) is 138 Å². The Bertz CT molecular complexity index is 426. The first-order valence-electron chi connectivity index (χ1n) is 3.55. The highest BCUT2D eigenvalue weighted by molar-refractivity contribution is 5.91. The highest BCUT2D eigenvalue weighted by Crippen LogP contribution is 2.18. The van der Waals surface area contributed by atoms with Gasteiger partial charge in [0.05, 0.1) is 0 Å². The van der Waals surface area contributed by atoms with Crippen molar-refractivity contribution in [2.45, 2.75) is 0 Å². The third-order valence-electron chi connectivity index (χ3n) is 1.56. The van der Waals surface area contributed by atoms with Gasteiger partial charge in [0.1, 0.15) is 0 Å². The van der Waals surface area contributed by atoms with Crippen LogP contribution in [0.5, 0.6) is 5.88 Å². The summed E-state index contributed by atoms with van der Waals surface area (Å²) in [5.74, 6) is -0.887. The van der Waals surface area contributed by atoms with E-state index in [0.29, 0.717) is 0 Å². The number of rotatable bonds is 1. The van der Waals surface area contributed by atoms with Crippen LogP contribution in [-0.2, 0) is 0 Å². The lowest BCUT2D eigenvalue weighted by atomic mass is 10.4. The number of hydrogen-bond donors (Lipinski definition) is 4. The number of nitrogens with one attached hydrogen (secondary N) is 1. The Balaban J connectivity index is 3.35. The number of hydrogen-bond acceptors (Lipinski definition) is 5. The number of aromatic hydroxyl groups is 1. The number of nitrogens with zero attached hydrogens (tertiary/aromatic N) is 2. The van der Waals surface area contributed by atoms with E-state index in [0.717, 1.165) is 4.90 Å². The van der Waals surface area contributed by atoms with Gasteiger partial charge in [0.15, 0.2) is 5.69 Å². The number of primary amides is 1. The number of nitrogens with two attached hydrogens (primary N) is 2. The second kappa shape index (κ2) is 3.24. The normalized spacial score (nSPS) is 9.79. The van der Waals surface area contributed by atoms with Gasteiger partial charge in [-0.1, -0.05) is 0 Å². The zero-order chi connectivity index (χ0) is 10.9. The van der Waals surface area contributed by atoms with E-state index >= 15 is 0 Å². The number of aromatic amines is 1. The maximum absolute atomic E-state index is 11.2. The predicted molar refractivity (Wildman–Crippen MR) is 48.9 cm³/mol. The minimum atomic E-state index is -0.891. The number of amides is 2. The van der Waals surface area contributed by atoms with E-state index in [-0.39, 0.29) is 11.6 Å². The molecule has 8 nitrogen and oxygen atoms in total. The maximum Gasteiger partial charge on any atom is 0.319 e. The maximum atomic E-state index is 11.2. The van der Waals surface area contributed by atoms with Crippen molar-refractivity contribution in [3.63, 3.8) is 0 Å². The summed E-state index contributed by atoms with van der Waals surface area (Å²) in [5.41, 5.74) is 8.97. The quantitative estimate of drug-likeness (QED) is 0.439. The Hall–Kier alpha value is -2.25. The molecule has 0 radical (unpaired) electrons. The lowest BCUT2D eigenvalue weighted by Crippen LogP contribution is -2.36. The molecule has 0 aromatic carbocycles. The fourth-order valence-corrected chi connectivity index (χ4v) is 0.885. The zero-order valence-corrected chi connectivity index (χ0v) is 7.31. The summed E-state index contributed by atoms with van der Waals surface area (Å²) in [6.07, 6.45) is 0. The molecule has 6 N–H and O–H groups in total. The standard InChI is InChI=1S/C6H9N5O3/c1-11(6(8)14)2-3(12)9-5(7)10-4(2)13/h1H3,(H2,8,14)(H4,7,9,10,12,13). The molecule has 0 aliphatic carbocycles. The molecule has 0 fully saturated rings. The number of carbonyl (C=O) groups is 1. The number of urea groups is 1. The Morgan fingerprint density at radius 1 is 1.64 bits per heavy atom. The van der Waals surface area contributed by atoms with Crippen molar-refractivity contribution in [3.05, 3.63) is 10.4 Å². The molecule has 0 saturated carbocycles. The summed E-state index contributed by atoms with van der Waals surface area (Å²) < 4.78 is 0. The molecule has 0 saturated heterocycles. The summed E-state index contributed by atoms with van der Waals surface area (Å²) in [6, 6.07) is -0.891. The van der Waals surface area contributed by atoms with Crippen molar-refractivity contribution < 1.29 is 9.90 Å². The first-order chi connectivity index (χ1) is 6.43. The van der Waals surface area contributed by atoms with Gasteiger partial charge >= 0.3 is 6.03 Å². The molecule has 76 valence electrons. The van der Waals surface area contributed by atoms with Gasteiger partial charge in [-0.05, 0) is 0 Å². The van der Waals surface area contributed by atoms with Crippen molar-refractivity contribution >= 4 is 17.7 Å². The molecule has 0 aliphatic rings. The first-order valence-corrected chi connectivity index (χ1v) is 3.55. The van der Waals surface area contributed by atoms with Crippen LogP contribution in [0.4, 0.5) is 16.4 Å². The molecule has 1 aromatic rings. The summed E-state index contributed by atoms with van der Waals surface area (Å²) in [7, 11) is 1.23. The average Bonchev–Trinajstić information content (AvgIpc) is 2.01. The average molecular weight is 199 g/mol. The molecule has 0 atom stereocenters. The van der Waals surface area contributed by atoms with Crippen LogP contribution in [-0.4, -0.2) is 28.2 Å². The molecule has 2 amide bonds. The Morgan fingerprint density at radius 2 is 2.21 bits per heavy atom. The predicted octanol–water partition coefficient (Wildman–Crippen LogP) is -1.43. The number of H-pyrrole nitrogens is 1. The van der Waals surface area contributed by atoms with Crippen molar-refractivity contribution in [2.75, 3.05) is 17.7 Å². The molecule has 8 heteroatoms. The molecular formula is C6H9N5O3. The Morgan fingerprint density at radius 3 is 2.64 bits per heavy atom. The number of aromatic nitrogens is 2. The second-order valence-electron chi connectivity index (χ2n) is 2.52. The van der Waals surface area contributed by atoms with Crippen molar-refractivity contribution in [1.29, 1.82) is 0 Å². The molecule has 1 heterocycles. The molecular weight excluding hydrogens is 190 g/mol. The van der Waals surface area contributed by atoms with Gasteiger partial charge in [0.25, 0.3) is 5.56 Å². The largest absolute Gasteiger partial charge is 0.492 e. The highest BCUT2D eigenvalue weighted by atomic mass is 16.3. The lowest BCUT2D eigenvalue weighted by molar-refractivity contribution is 0.254. The van der Waals surface area contributed by atoms with Gasteiger partial charge in [0.2, 0.25) is 11.8 Å². The van der Waals surface area contributed by atoms with Gasteiger partial charge in [-0.2, -0.15) is 4.98 Å². The van der Waals surface area contributed by atoms with Crippen LogP contribution in [0.2, 0.25) is 0 Å². The van der Waals surface area contributed by atoms with E-state index < -0.39 is 17.5 Å². The number of anilines is 2. The molecule has 0 bridgehead atoms. The van der Waals surface area contributed by atoms with Crippen LogP contribution in [0, 0.1) is 0 Å². The summed E-state index contributed by atoms with van der Waals surface area (Å²) in [4.78, 5) is 28.2. The van der Waals surface area contributed by atoms with Gasteiger partial charge in [-0.25, -0.2) is 4.79 Å². The van der Waals surface area contributed by atoms with E-state index in [1.54, 1.807) is 0 Å². The van der Waals surface area contributed by atoms with Gasteiger partial charge in [-0.3, -0.25) is 14.7 Å². The van der Waals surface area contributed by atoms with Crippen LogP contribution in [0.3, 0.4) is 0 Å². The second-order valence-corrected chi connectivity index (χ2v) is 2.52. The fraction of sp³-hybridized carbons (Fsp3) is 0.167. The van der Waals surface area contributed by atoms with E-state index in [1.165, 1.54) is 7.05 Å². The molecule has 0 unspecified atom stereocenters. The smallest absolute Gasteiger partial charge is 0.319 e. The number of carbonyl (C=O) groups excluding carboxylic acids is 1. The monoisotopic (exact) mass is 199 g/mol. The third-order valence-corrected chi connectivity index (χ3v) is 1.56. The van der Waals surface area contributed by atoms with Gasteiger partial charge < -0.3 is 16.6 Å². The van der Waals surface area contributed by atoms with Gasteiger partial charge in [-0.15, -0.1) is 0 Å². The minimum Gasteiger partial charge on any atom is -0.492 e. The molecule has 1 rings (SSSR count). The van der Waals surface area contributed by atoms with Crippen molar-refractivity contribution in [2.24, 2.45) is 5.73 Å². The zero-order valence-electron chi connectivity index (χ0n) is 7.31. The van der Waals surface area contributed by atoms with Crippen molar-refractivity contribution in [3.8, 4) is 5.88 Å². The molecule has 1 aromatic heterocycles. The van der Waals surface area contributed by atoms with E-state index in [2.05, 4.69) is 9.97 Å². The van der Waals surface area contributed by atoms with E-state index in [4.69, 9.17) is 11.5 Å². The fourth-order valence-electron chi connectivity index (χ4n) is 0.885. The van der Waals surface area contributed by atoms with Crippen LogP contribution < -0.4 is 21.9 Å². The third kappa shape index (κ3) is 1.58. The lowest BCUT2D eigenvalue weighted by Gasteiger charge is -2.13. The first kappa shape index (κ1) is 9.84. The minimum absolute atomic E-state index is 0.242.